The van der Waals surface area contributed by atoms with Crippen molar-refractivity contribution in [3.8, 4) is 17.2 Å². The van der Waals surface area contributed by atoms with E-state index < -0.39 is 0 Å². The Morgan fingerprint density at radius 3 is 2.64 bits per heavy atom. The Bertz CT molecular complexity index is 798. The van der Waals surface area contributed by atoms with Gasteiger partial charge in [-0.25, -0.2) is 4.68 Å². The van der Waals surface area contributed by atoms with E-state index in [1.165, 1.54) is 0 Å². The Balaban J connectivity index is 1.96. The van der Waals surface area contributed by atoms with Gasteiger partial charge in [0.25, 0.3) is 0 Å². The number of methoxy groups -OCH3 is 2. The molecule has 0 saturated heterocycles. The van der Waals surface area contributed by atoms with Crippen LogP contribution in [-0.4, -0.2) is 30.8 Å². The molecule has 1 heterocycles. The molecule has 2 N–H and O–H groups in total. The third-order valence-corrected chi connectivity index (χ3v) is 3.30. The van der Waals surface area contributed by atoms with Gasteiger partial charge in [0.05, 0.1) is 24.0 Å². The first-order chi connectivity index (χ1) is 10.7. The molecule has 0 spiro atoms. The van der Waals surface area contributed by atoms with Crippen LogP contribution in [0.25, 0.3) is 16.6 Å². The van der Waals surface area contributed by atoms with Gasteiger partial charge < -0.3 is 19.9 Å². The molecular formula is C16H17N3O3. The fourth-order valence-electron chi connectivity index (χ4n) is 2.20. The van der Waals surface area contributed by atoms with E-state index in [1.807, 2.05) is 36.5 Å². The number of nitrogens with two attached hydrogens (primary N) is 1. The zero-order chi connectivity index (χ0) is 15.5. The number of nitrogens with zero attached hydrogens (tertiary/aromatic N) is 2. The van der Waals surface area contributed by atoms with Crippen LogP contribution in [0.3, 0.4) is 0 Å². The number of ether oxygens (including phenoxy) is 3. The Kier molecular flexibility index (Phi) is 3.84. The molecule has 114 valence electrons. The molecule has 0 amide bonds. The molecule has 0 aliphatic heterocycles. The largest absolute Gasteiger partial charge is 0.497 e. The van der Waals surface area contributed by atoms with Crippen LogP contribution in [0.5, 0.6) is 11.5 Å². The maximum absolute atomic E-state index is 6.10. The van der Waals surface area contributed by atoms with Crippen molar-refractivity contribution in [3.63, 3.8) is 0 Å². The standard InChI is InChI=1S/C16H17N3O3/c1-20-10-22-13-5-6-16(14(17)7-13)19-9-11-3-4-12(21-2)8-15(11)18-19/h3-9H,10,17H2,1-2H3. The zero-order valence-corrected chi connectivity index (χ0v) is 12.4. The van der Waals surface area contributed by atoms with E-state index in [4.69, 9.17) is 19.9 Å². The van der Waals surface area contributed by atoms with Gasteiger partial charge in [-0.15, -0.1) is 0 Å². The molecule has 2 aromatic carbocycles. The average molecular weight is 299 g/mol. The van der Waals surface area contributed by atoms with Gasteiger partial charge in [-0.2, -0.15) is 5.10 Å². The second-order valence-electron chi connectivity index (χ2n) is 4.77. The number of rotatable bonds is 5. The quantitative estimate of drug-likeness (QED) is 0.579. The minimum absolute atomic E-state index is 0.185. The lowest BCUT2D eigenvalue weighted by Crippen LogP contribution is -2.03. The molecule has 22 heavy (non-hydrogen) atoms. The second-order valence-corrected chi connectivity index (χ2v) is 4.77. The summed E-state index contributed by atoms with van der Waals surface area (Å²) in [5.74, 6) is 1.43. The predicted octanol–water partition coefficient (Wildman–Crippen LogP) is 2.60. The minimum atomic E-state index is 0.185. The van der Waals surface area contributed by atoms with Crippen LogP contribution in [0.15, 0.2) is 42.6 Å². The van der Waals surface area contributed by atoms with E-state index in [9.17, 15) is 0 Å². The normalized spacial score (nSPS) is 10.8. The Morgan fingerprint density at radius 2 is 1.91 bits per heavy atom. The van der Waals surface area contributed by atoms with E-state index in [2.05, 4.69) is 5.10 Å². The molecular weight excluding hydrogens is 282 g/mol. The summed E-state index contributed by atoms with van der Waals surface area (Å²) in [6.45, 7) is 0.185. The monoisotopic (exact) mass is 299 g/mol. The fourth-order valence-corrected chi connectivity index (χ4v) is 2.20. The molecule has 0 atom stereocenters. The van der Waals surface area contributed by atoms with Crippen LogP contribution < -0.4 is 15.2 Å². The lowest BCUT2D eigenvalue weighted by molar-refractivity contribution is 0.0512. The summed E-state index contributed by atoms with van der Waals surface area (Å²) >= 11 is 0. The fraction of sp³-hybridized carbons (Fsp3) is 0.188. The highest BCUT2D eigenvalue weighted by atomic mass is 16.7. The molecule has 0 fully saturated rings. The summed E-state index contributed by atoms with van der Waals surface area (Å²) in [4.78, 5) is 0. The van der Waals surface area contributed by atoms with Gasteiger partial charge in [0.2, 0.25) is 0 Å². The van der Waals surface area contributed by atoms with Gasteiger partial charge in [-0.1, -0.05) is 0 Å². The van der Waals surface area contributed by atoms with Gasteiger partial charge in [0.1, 0.15) is 11.5 Å². The number of hydrogen-bond acceptors (Lipinski definition) is 5. The van der Waals surface area contributed by atoms with E-state index >= 15 is 0 Å². The highest BCUT2D eigenvalue weighted by molar-refractivity contribution is 5.80. The summed E-state index contributed by atoms with van der Waals surface area (Å²) in [6, 6.07) is 11.2. The highest BCUT2D eigenvalue weighted by Crippen LogP contribution is 2.26. The molecule has 0 saturated carbocycles. The van der Waals surface area contributed by atoms with Gasteiger partial charge in [0.15, 0.2) is 6.79 Å². The number of fused-ring (bicyclic) bond motifs is 1. The molecule has 3 aromatic rings. The molecule has 0 aliphatic carbocycles. The van der Waals surface area contributed by atoms with Gasteiger partial charge >= 0.3 is 0 Å². The summed E-state index contributed by atoms with van der Waals surface area (Å²) in [6.07, 6.45) is 1.93. The molecule has 0 bridgehead atoms. The number of nitrogen functional groups attached to an aromatic ring is 1. The first-order valence-electron chi connectivity index (χ1n) is 6.76. The third-order valence-electron chi connectivity index (χ3n) is 3.30. The number of anilines is 1. The van der Waals surface area contributed by atoms with Gasteiger partial charge in [0, 0.05) is 30.8 Å². The van der Waals surface area contributed by atoms with Crippen molar-refractivity contribution in [2.75, 3.05) is 26.7 Å². The Hall–Kier alpha value is -2.73. The van der Waals surface area contributed by atoms with Crippen LogP contribution >= 0.6 is 0 Å². The molecule has 1 aromatic heterocycles. The molecule has 0 unspecified atom stereocenters. The molecule has 3 rings (SSSR count). The van der Waals surface area contributed by atoms with Crippen molar-refractivity contribution in [2.24, 2.45) is 0 Å². The van der Waals surface area contributed by atoms with Crippen molar-refractivity contribution in [2.45, 2.75) is 0 Å². The Morgan fingerprint density at radius 1 is 1.09 bits per heavy atom. The van der Waals surface area contributed by atoms with E-state index in [0.29, 0.717) is 11.4 Å². The lowest BCUT2D eigenvalue weighted by atomic mass is 10.2. The van der Waals surface area contributed by atoms with Crippen molar-refractivity contribution in [1.29, 1.82) is 0 Å². The highest BCUT2D eigenvalue weighted by Gasteiger charge is 2.08. The smallest absolute Gasteiger partial charge is 0.188 e. The molecule has 0 aliphatic rings. The third kappa shape index (κ3) is 2.68. The molecule has 0 radical (unpaired) electrons. The lowest BCUT2D eigenvalue weighted by Gasteiger charge is -2.09. The van der Waals surface area contributed by atoms with Gasteiger partial charge in [-0.3, -0.25) is 0 Å². The number of benzene rings is 2. The molecule has 6 heteroatoms. The summed E-state index contributed by atoms with van der Waals surface area (Å²) < 4.78 is 17.2. The summed E-state index contributed by atoms with van der Waals surface area (Å²) in [5, 5.41) is 5.55. The first kappa shape index (κ1) is 14.2. The van der Waals surface area contributed by atoms with Gasteiger partial charge in [-0.05, 0) is 24.3 Å². The maximum Gasteiger partial charge on any atom is 0.188 e. The zero-order valence-electron chi connectivity index (χ0n) is 12.4. The van der Waals surface area contributed by atoms with Crippen molar-refractivity contribution < 1.29 is 14.2 Å². The summed E-state index contributed by atoms with van der Waals surface area (Å²) in [7, 11) is 3.20. The average Bonchev–Trinajstić information content (AvgIpc) is 2.95. The number of aromatic nitrogens is 2. The minimum Gasteiger partial charge on any atom is -0.497 e. The van der Waals surface area contributed by atoms with E-state index in [0.717, 1.165) is 22.3 Å². The van der Waals surface area contributed by atoms with Crippen LogP contribution in [0.4, 0.5) is 5.69 Å². The van der Waals surface area contributed by atoms with Crippen molar-refractivity contribution in [3.05, 3.63) is 42.6 Å². The Labute approximate surface area is 128 Å². The topological polar surface area (TPSA) is 71.5 Å². The predicted molar refractivity (Wildman–Crippen MR) is 84.5 cm³/mol. The van der Waals surface area contributed by atoms with Crippen LogP contribution in [0.1, 0.15) is 0 Å². The van der Waals surface area contributed by atoms with Crippen LogP contribution in [0.2, 0.25) is 0 Å². The van der Waals surface area contributed by atoms with Crippen LogP contribution in [-0.2, 0) is 4.74 Å². The van der Waals surface area contributed by atoms with E-state index in [1.54, 1.807) is 25.0 Å². The SMILES string of the molecule is COCOc1ccc(-n2cc3ccc(OC)cc3n2)c(N)c1. The maximum atomic E-state index is 6.10. The number of hydrogen-bond donors (Lipinski definition) is 1. The van der Waals surface area contributed by atoms with E-state index in [-0.39, 0.29) is 6.79 Å². The summed E-state index contributed by atoms with van der Waals surface area (Å²) in [5.41, 5.74) is 8.31. The van der Waals surface area contributed by atoms with Crippen LogP contribution in [0, 0.1) is 0 Å². The van der Waals surface area contributed by atoms with Crippen molar-refractivity contribution in [1.82, 2.24) is 9.78 Å². The second kappa shape index (κ2) is 5.95. The van der Waals surface area contributed by atoms with Crippen molar-refractivity contribution >= 4 is 16.6 Å². The first-order valence-corrected chi connectivity index (χ1v) is 6.76. The molecule has 6 nitrogen and oxygen atoms in total.